The molecule has 4 rings (SSSR count). The lowest BCUT2D eigenvalue weighted by Crippen LogP contribution is -2.47. The Kier molecular flexibility index (Phi) is 7.50. The molecule has 1 amide bonds. The van der Waals surface area contributed by atoms with Gasteiger partial charge in [-0.1, -0.05) is 36.4 Å². The van der Waals surface area contributed by atoms with E-state index in [1.807, 2.05) is 44.2 Å². The number of hydrogen-bond acceptors (Lipinski definition) is 6. The Balaban J connectivity index is 1.37. The predicted octanol–water partition coefficient (Wildman–Crippen LogP) is 4.27. The summed E-state index contributed by atoms with van der Waals surface area (Å²) in [6, 6.07) is 16.3. The largest absolute Gasteiger partial charge is 0.490 e. The van der Waals surface area contributed by atoms with Crippen molar-refractivity contribution in [3.63, 3.8) is 0 Å². The molecule has 0 aromatic heterocycles. The molecule has 32 heavy (non-hydrogen) atoms. The number of rotatable bonds is 7. The topological polar surface area (TPSA) is 54.4 Å². The molecule has 0 spiro atoms. The number of benzene rings is 2. The number of aliphatic imine (C=N–C) groups is 1. The van der Waals surface area contributed by atoms with Crippen LogP contribution in [-0.4, -0.2) is 60.3 Å². The summed E-state index contributed by atoms with van der Waals surface area (Å²) in [5.41, 5.74) is 2.23. The molecule has 7 heteroatoms. The lowest BCUT2D eigenvalue weighted by Gasteiger charge is -2.35. The molecule has 0 unspecified atom stereocenters. The molecule has 1 saturated heterocycles. The first kappa shape index (κ1) is 22.4. The Morgan fingerprint density at radius 3 is 2.41 bits per heavy atom. The van der Waals surface area contributed by atoms with E-state index in [2.05, 4.69) is 39.1 Å². The van der Waals surface area contributed by atoms with Crippen LogP contribution >= 0.6 is 11.8 Å². The van der Waals surface area contributed by atoms with Gasteiger partial charge in [0.15, 0.2) is 16.7 Å². The summed E-state index contributed by atoms with van der Waals surface area (Å²) in [5, 5.41) is 0.802. The van der Waals surface area contributed by atoms with Crippen molar-refractivity contribution >= 4 is 28.9 Å². The van der Waals surface area contributed by atoms with Gasteiger partial charge in [-0.25, -0.2) is 0 Å². The number of carbonyl (C=O) groups is 1. The molecule has 0 N–H and O–H groups in total. The Labute approximate surface area is 193 Å². The van der Waals surface area contributed by atoms with E-state index >= 15 is 0 Å². The number of thioether (sulfide) groups is 1. The van der Waals surface area contributed by atoms with E-state index in [4.69, 9.17) is 9.47 Å². The molecule has 2 heterocycles. The molecule has 0 atom stereocenters. The van der Waals surface area contributed by atoms with Crippen LogP contribution in [0.3, 0.4) is 0 Å². The Bertz CT molecular complexity index is 999. The van der Waals surface area contributed by atoms with Crippen molar-refractivity contribution in [3.05, 3.63) is 64.6 Å². The molecular weight excluding hydrogens is 422 g/mol. The highest BCUT2D eigenvalue weighted by Crippen LogP contribution is 2.33. The Morgan fingerprint density at radius 1 is 0.969 bits per heavy atom. The third-order valence-electron chi connectivity index (χ3n) is 5.37. The highest BCUT2D eigenvalue weighted by atomic mass is 32.2. The normalized spacial score (nSPS) is 18.2. The molecule has 2 aromatic rings. The average Bonchev–Trinajstić information content (AvgIpc) is 3.17. The second-order valence-electron chi connectivity index (χ2n) is 7.63. The van der Waals surface area contributed by atoms with Crippen molar-refractivity contribution in [2.24, 2.45) is 4.99 Å². The Morgan fingerprint density at radius 2 is 1.69 bits per heavy atom. The van der Waals surface area contributed by atoms with E-state index in [0.717, 1.165) is 43.5 Å². The number of hydrogen-bond donors (Lipinski definition) is 0. The zero-order valence-corrected chi connectivity index (χ0v) is 19.4. The fourth-order valence-corrected chi connectivity index (χ4v) is 4.75. The van der Waals surface area contributed by atoms with Crippen LogP contribution in [0.25, 0.3) is 6.08 Å². The number of piperazine rings is 1. The van der Waals surface area contributed by atoms with Crippen LogP contribution < -0.4 is 9.47 Å². The van der Waals surface area contributed by atoms with Crippen LogP contribution in [-0.2, 0) is 11.3 Å². The molecule has 0 aliphatic carbocycles. The summed E-state index contributed by atoms with van der Waals surface area (Å²) in [6.07, 6.45) is 1.88. The SMILES string of the molecule is CCOc1ccc(/C=C2\SC(N3CCN(Cc4ccccc4)CC3)=NC2=O)cc1OCC. The van der Waals surface area contributed by atoms with Gasteiger partial charge in [0.1, 0.15) is 0 Å². The molecule has 2 aliphatic heterocycles. The van der Waals surface area contributed by atoms with E-state index in [1.165, 1.54) is 17.3 Å². The summed E-state index contributed by atoms with van der Waals surface area (Å²) < 4.78 is 11.3. The van der Waals surface area contributed by atoms with Crippen LogP contribution in [0.2, 0.25) is 0 Å². The second-order valence-corrected chi connectivity index (χ2v) is 8.64. The zero-order valence-electron chi connectivity index (χ0n) is 18.6. The highest BCUT2D eigenvalue weighted by molar-refractivity contribution is 8.18. The first-order valence-electron chi connectivity index (χ1n) is 11.1. The number of amidine groups is 1. The summed E-state index contributed by atoms with van der Waals surface area (Å²) in [4.78, 5) is 22.2. The van der Waals surface area contributed by atoms with Crippen molar-refractivity contribution in [1.82, 2.24) is 9.80 Å². The minimum absolute atomic E-state index is 0.177. The van der Waals surface area contributed by atoms with E-state index in [9.17, 15) is 4.79 Å². The van der Waals surface area contributed by atoms with E-state index < -0.39 is 0 Å². The predicted molar refractivity (Wildman–Crippen MR) is 130 cm³/mol. The van der Waals surface area contributed by atoms with E-state index in [1.54, 1.807) is 0 Å². The minimum Gasteiger partial charge on any atom is -0.490 e. The lowest BCUT2D eigenvalue weighted by molar-refractivity contribution is -0.113. The van der Waals surface area contributed by atoms with Gasteiger partial charge in [-0.05, 0) is 54.9 Å². The van der Waals surface area contributed by atoms with Crippen LogP contribution in [0, 0.1) is 0 Å². The number of ether oxygens (including phenoxy) is 2. The monoisotopic (exact) mass is 451 g/mol. The second kappa shape index (κ2) is 10.7. The minimum atomic E-state index is -0.177. The quantitative estimate of drug-likeness (QED) is 0.586. The third-order valence-corrected chi connectivity index (χ3v) is 6.41. The van der Waals surface area contributed by atoms with Gasteiger partial charge in [0.05, 0.1) is 18.1 Å². The fraction of sp³-hybridized carbons (Fsp3) is 0.360. The molecule has 0 saturated carbocycles. The maximum Gasteiger partial charge on any atom is 0.286 e. The van der Waals surface area contributed by atoms with E-state index in [0.29, 0.717) is 29.6 Å². The van der Waals surface area contributed by atoms with Gasteiger partial charge in [-0.15, -0.1) is 0 Å². The number of nitrogens with zero attached hydrogens (tertiary/aromatic N) is 3. The third kappa shape index (κ3) is 5.53. The maximum atomic E-state index is 12.5. The average molecular weight is 452 g/mol. The number of carbonyl (C=O) groups excluding carboxylic acids is 1. The summed E-state index contributed by atoms with van der Waals surface area (Å²) in [7, 11) is 0. The lowest BCUT2D eigenvalue weighted by atomic mass is 10.2. The first-order chi connectivity index (χ1) is 15.7. The molecule has 0 bridgehead atoms. The zero-order chi connectivity index (χ0) is 22.3. The van der Waals surface area contributed by atoms with Crippen molar-refractivity contribution in [3.8, 4) is 11.5 Å². The van der Waals surface area contributed by atoms with Crippen LogP contribution in [0.4, 0.5) is 0 Å². The summed E-state index contributed by atoms with van der Waals surface area (Å²) in [6.45, 7) is 9.63. The maximum absolute atomic E-state index is 12.5. The molecule has 2 aromatic carbocycles. The van der Waals surface area contributed by atoms with Crippen molar-refractivity contribution in [2.75, 3.05) is 39.4 Å². The van der Waals surface area contributed by atoms with Gasteiger partial charge in [-0.2, -0.15) is 4.99 Å². The first-order valence-corrected chi connectivity index (χ1v) is 11.9. The van der Waals surface area contributed by atoms with Gasteiger partial charge in [0.25, 0.3) is 5.91 Å². The molecule has 6 nitrogen and oxygen atoms in total. The molecule has 2 aliphatic rings. The number of amides is 1. The van der Waals surface area contributed by atoms with Crippen LogP contribution in [0.5, 0.6) is 11.5 Å². The molecule has 0 radical (unpaired) electrons. The highest BCUT2D eigenvalue weighted by Gasteiger charge is 2.28. The summed E-state index contributed by atoms with van der Waals surface area (Å²) >= 11 is 1.46. The van der Waals surface area contributed by atoms with Crippen molar-refractivity contribution in [2.45, 2.75) is 20.4 Å². The van der Waals surface area contributed by atoms with Gasteiger partial charge in [-0.3, -0.25) is 9.69 Å². The summed E-state index contributed by atoms with van der Waals surface area (Å²) in [5.74, 6) is 1.23. The van der Waals surface area contributed by atoms with Gasteiger partial charge in [0, 0.05) is 32.7 Å². The Hall–Kier alpha value is -2.77. The fourth-order valence-electron chi connectivity index (χ4n) is 3.78. The van der Waals surface area contributed by atoms with Crippen LogP contribution in [0.15, 0.2) is 58.4 Å². The van der Waals surface area contributed by atoms with Gasteiger partial charge >= 0.3 is 0 Å². The standard InChI is InChI=1S/C25H29N3O3S/c1-3-30-21-11-10-20(16-22(21)31-4-2)17-23-24(29)26-25(32-23)28-14-12-27(13-15-28)18-19-8-6-5-7-9-19/h5-11,16-17H,3-4,12-15,18H2,1-2H3/b23-17-. The van der Waals surface area contributed by atoms with Gasteiger partial charge in [0.2, 0.25) is 0 Å². The molecule has 1 fully saturated rings. The van der Waals surface area contributed by atoms with Crippen molar-refractivity contribution < 1.29 is 14.3 Å². The molecular formula is C25H29N3O3S. The van der Waals surface area contributed by atoms with Crippen LogP contribution in [0.1, 0.15) is 25.0 Å². The van der Waals surface area contributed by atoms with Crippen molar-refractivity contribution in [1.29, 1.82) is 0 Å². The molecule has 168 valence electrons. The van der Waals surface area contributed by atoms with E-state index in [-0.39, 0.29) is 5.91 Å². The smallest absolute Gasteiger partial charge is 0.286 e. The van der Waals surface area contributed by atoms with Gasteiger partial charge < -0.3 is 14.4 Å².